The largest absolute Gasteiger partial charge is 0.343 e. The summed E-state index contributed by atoms with van der Waals surface area (Å²) < 4.78 is 0. The Morgan fingerprint density at radius 3 is 2.24 bits per heavy atom. The van der Waals surface area contributed by atoms with E-state index in [9.17, 15) is 4.79 Å². The molecule has 0 aromatic heterocycles. The topological polar surface area (TPSA) is 35.6 Å². The van der Waals surface area contributed by atoms with Crippen molar-refractivity contribution in [3.05, 3.63) is 0 Å². The van der Waals surface area contributed by atoms with Crippen LogP contribution in [0.2, 0.25) is 0 Å². The summed E-state index contributed by atoms with van der Waals surface area (Å²) in [6, 6.07) is 0. The monoisotopic (exact) mass is 241 g/mol. The van der Waals surface area contributed by atoms with E-state index in [4.69, 9.17) is 0 Å². The Hall–Kier alpha value is -0.610. The first-order chi connectivity index (χ1) is 8.01. The predicted molar refractivity (Wildman–Crippen MR) is 71.0 cm³/mol. The molecule has 1 saturated heterocycles. The van der Waals surface area contributed by atoms with Crippen molar-refractivity contribution >= 4 is 5.91 Å². The van der Waals surface area contributed by atoms with E-state index in [2.05, 4.69) is 24.1 Å². The van der Waals surface area contributed by atoms with Crippen LogP contribution in [-0.4, -0.2) is 61.5 Å². The lowest BCUT2D eigenvalue weighted by Gasteiger charge is -2.36. The van der Waals surface area contributed by atoms with Crippen molar-refractivity contribution in [2.45, 2.75) is 27.7 Å². The van der Waals surface area contributed by atoms with Crippen LogP contribution in [0.4, 0.5) is 0 Å². The molecule has 1 aliphatic rings. The Balaban J connectivity index is 2.56. The van der Waals surface area contributed by atoms with Gasteiger partial charge in [-0.1, -0.05) is 0 Å². The van der Waals surface area contributed by atoms with E-state index < -0.39 is 0 Å². The molecule has 0 unspecified atom stereocenters. The van der Waals surface area contributed by atoms with Crippen molar-refractivity contribution in [3.8, 4) is 0 Å². The first kappa shape index (κ1) is 14.5. The maximum atomic E-state index is 12.4. The van der Waals surface area contributed by atoms with Gasteiger partial charge in [0.2, 0.25) is 5.91 Å². The van der Waals surface area contributed by atoms with Gasteiger partial charge in [-0.15, -0.1) is 0 Å². The summed E-state index contributed by atoms with van der Waals surface area (Å²) in [4.78, 5) is 16.7. The smallest absolute Gasteiger partial charge is 0.229 e. The molecule has 1 amide bonds. The lowest BCUT2D eigenvalue weighted by molar-refractivity contribution is -0.141. The summed E-state index contributed by atoms with van der Waals surface area (Å²) in [7, 11) is 0. The van der Waals surface area contributed by atoms with E-state index in [1.165, 1.54) is 0 Å². The molecule has 0 aromatic rings. The van der Waals surface area contributed by atoms with Gasteiger partial charge in [0, 0.05) is 45.8 Å². The number of hydrogen-bond acceptors (Lipinski definition) is 3. The third-order valence-electron chi connectivity index (χ3n) is 3.46. The van der Waals surface area contributed by atoms with Gasteiger partial charge >= 0.3 is 0 Å². The van der Waals surface area contributed by atoms with Crippen molar-refractivity contribution in [1.29, 1.82) is 0 Å². The van der Waals surface area contributed by atoms with Crippen molar-refractivity contribution in [2.75, 3.05) is 45.8 Å². The maximum absolute atomic E-state index is 12.4. The summed E-state index contributed by atoms with van der Waals surface area (Å²) in [5, 5.41) is 3.34. The Labute approximate surface area is 105 Å². The van der Waals surface area contributed by atoms with E-state index in [1.54, 1.807) is 0 Å². The molecule has 1 N–H and O–H groups in total. The standard InChI is InChI=1S/C13H27N3O/c1-5-16(6-2)12(17)13(3,4)11-15-9-7-14-8-10-15/h14H,5-11H2,1-4H3. The van der Waals surface area contributed by atoms with Crippen molar-refractivity contribution in [1.82, 2.24) is 15.1 Å². The second kappa shape index (κ2) is 6.36. The highest BCUT2D eigenvalue weighted by Crippen LogP contribution is 2.20. The van der Waals surface area contributed by atoms with Gasteiger partial charge < -0.3 is 10.2 Å². The zero-order valence-corrected chi connectivity index (χ0v) is 11.8. The molecule has 1 fully saturated rings. The third-order valence-corrected chi connectivity index (χ3v) is 3.46. The summed E-state index contributed by atoms with van der Waals surface area (Å²) in [5.74, 6) is 0.279. The van der Waals surface area contributed by atoms with Crippen LogP contribution in [0.5, 0.6) is 0 Å². The first-order valence-electron chi connectivity index (χ1n) is 6.73. The van der Waals surface area contributed by atoms with Gasteiger partial charge in [-0.25, -0.2) is 0 Å². The van der Waals surface area contributed by atoms with Gasteiger partial charge in [-0.3, -0.25) is 9.69 Å². The summed E-state index contributed by atoms with van der Waals surface area (Å²) in [5.41, 5.74) is -0.274. The zero-order chi connectivity index (χ0) is 12.9. The molecule has 1 rings (SSSR count). The van der Waals surface area contributed by atoms with E-state index in [0.717, 1.165) is 45.8 Å². The van der Waals surface area contributed by atoms with E-state index in [1.807, 2.05) is 18.7 Å². The van der Waals surface area contributed by atoms with Crippen LogP contribution in [0.25, 0.3) is 0 Å². The maximum Gasteiger partial charge on any atom is 0.229 e. The number of rotatable bonds is 5. The molecule has 0 aromatic carbocycles. The number of nitrogens with zero attached hydrogens (tertiary/aromatic N) is 2. The van der Waals surface area contributed by atoms with Crippen LogP contribution in [0.15, 0.2) is 0 Å². The third kappa shape index (κ3) is 3.96. The molecule has 4 heteroatoms. The molecule has 0 saturated carbocycles. The Bertz CT molecular complexity index is 243. The minimum atomic E-state index is -0.274. The summed E-state index contributed by atoms with van der Waals surface area (Å²) >= 11 is 0. The Morgan fingerprint density at radius 2 is 1.76 bits per heavy atom. The zero-order valence-electron chi connectivity index (χ0n) is 11.8. The Morgan fingerprint density at radius 1 is 1.24 bits per heavy atom. The van der Waals surface area contributed by atoms with Crippen LogP contribution in [0, 0.1) is 5.41 Å². The van der Waals surface area contributed by atoms with Crippen LogP contribution in [0.3, 0.4) is 0 Å². The molecule has 0 aliphatic carbocycles. The molecule has 0 spiro atoms. The lowest BCUT2D eigenvalue weighted by atomic mass is 9.90. The van der Waals surface area contributed by atoms with E-state index in [-0.39, 0.29) is 11.3 Å². The average molecular weight is 241 g/mol. The van der Waals surface area contributed by atoms with Crippen LogP contribution >= 0.6 is 0 Å². The number of piperazine rings is 1. The Kier molecular flexibility index (Phi) is 5.40. The fraction of sp³-hybridized carbons (Fsp3) is 0.923. The van der Waals surface area contributed by atoms with Crippen LogP contribution in [-0.2, 0) is 4.79 Å². The fourth-order valence-corrected chi connectivity index (χ4v) is 2.43. The van der Waals surface area contributed by atoms with Gasteiger partial charge in [0.15, 0.2) is 0 Å². The van der Waals surface area contributed by atoms with Crippen molar-refractivity contribution < 1.29 is 4.79 Å². The quantitative estimate of drug-likeness (QED) is 0.773. The molecular formula is C13H27N3O. The first-order valence-corrected chi connectivity index (χ1v) is 6.73. The highest BCUT2D eigenvalue weighted by molar-refractivity contribution is 5.82. The molecule has 0 bridgehead atoms. The predicted octanol–water partition coefficient (Wildman–Crippen LogP) is 0.786. The minimum absolute atomic E-state index is 0.274. The van der Waals surface area contributed by atoms with Gasteiger partial charge in [0.1, 0.15) is 0 Å². The van der Waals surface area contributed by atoms with E-state index in [0.29, 0.717) is 0 Å². The fourth-order valence-electron chi connectivity index (χ4n) is 2.43. The van der Waals surface area contributed by atoms with Gasteiger partial charge in [0.05, 0.1) is 5.41 Å². The summed E-state index contributed by atoms with van der Waals surface area (Å²) in [6.07, 6.45) is 0. The molecule has 100 valence electrons. The molecule has 4 nitrogen and oxygen atoms in total. The molecular weight excluding hydrogens is 214 g/mol. The normalized spacial score (nSPS) is 18.1. The van der Waals surface area contributed by atoms with Gasteiger partial charge in [0.25, 0.3) is 0 Å². The van der Waals surface area contributed by atoms with Crippen molar-refractivity contribution in [2.24, 2.45) is 5.41 Å². The van der Waals surface area contributed by atoms with E-state index >= 15 is 0 Å². The van der Waals surface area contributed by atoms with Gasteiger partial charge in [-0.2, -0.15) is 0 Å². The molecule has 1 heterocycles. The molecule has 17 heavy (non-hydrogen) atoms. The second-order valence-electron chi connectivity index (χ2n) is 5.39. The van der Waals surface area contributed by atoms with Gasteiger partial charge in [-0.05, 0) is 27.7 Å². The highest BCUT2D eigenvalue weighted by Gasteiger charge is 2.33. The van der Waals surface area contributed by atoms with Crippen molar-refractivity contribution in [3.63, 3.8) is 0 Å². The highest BCUT2D eigenvalue weighted by atomic mass is 16.2. The number of carbonyl (C=O) groups is 1. The number of amides is 1. The second-order valence-corrected chi connectivity index (χ2v) is 5.39. The van der Waals surface area contributed by atoms with Crippen LogP contribution in [0.1, 0.15) is 27.7 Å². The number of hydrogen-bond donors (Lipinski definition) is 1. The SMILES string of the molecule is CCN(CC)C(=O)C(C)(C)CN1CCNCC1. The number of nitrogens with one attached hydrogen (secondary N) is 1. The summed E-state index contributed by atoms with van der Waals surface area (Å²) in [6.45, 7) is 14.9. The minimum Gasteiger partial charge on any atom is -0.343 e. The lowest BCUT2D eigenvalue weighted by Crippen LogP contribution is -2.51. The number of carbonyl (C=O) groups excluding carboxylic acids is 1. The average Bonchev–Trinajstić information content (AvgIpc) is 2.31. The molecule has 1 aliphatic heterocycles. The molecule has 0 radical (unpaired) electrons. The van der Waals surface area contributed by atoms with Crippen LogP contribution < -0.4 is 5.32 Å². The molecule has 0 atom stereocenters.